The van der Waals surface area contributed by atoms with Gasteiger partial charge in [-0.1, -0.05) is 0 Å². The summed E-state index contributed by atoms with van der Waals surface area (Å²) in [6.45, 7) is 5.74. The lowest BCUT2D eigenvalue weighted by Crippen LogP contribution is -2.40. The Morgan fingerprint density at radius 3 is 2.07 bits per heavy atom. The van der Waals surface area contributed by atoms with E-state index in [1.807, 2.05) is 26.2 Å². The summed E-state index contributed by atoms with van der Waals surface area (Å²) in [4.78, 5) is 22.0. The predicted molar refractivity (Wildman–Crippen MR) is 54.1 cm³/mol. The lowest BCUT2D eigenvalue weighted by Gasteiger charge is -2.20. The maximum atomic E-state index is 11.3. The van der Waals surface area contributed by atoms with Crippen molar-refractivity contribution in [2.75, 3.05) is 0 Å². The summed E-state index contributed by atoms with van der Waals surface area (Å²) in [6, 6.07) is 0. The fraction of sp³-hybridized carbons (Fsp3) is 0.778. The molecule has 0 aromatic carbocycles. The van der Waals surface area contributed by atoms with Gasteiger partial charge in [0.2, 0.25) is 11.8 Å². The number of rotatable bonds is 4. The first-order valence-electron chi connectivity index (χ1n) is 4.65. The Kier molecular flexibility index (Phi) is 5.15. The van der Waals surface area contributed by atoms with Gasteiger partial charge in [-0.2, -0.15) is 0 Å². The second-order valence-electron chi connectivity index (χ2n) is 4.22. The van der Waals surface area contributed by atoms with Crippen LogP contribution in [0.15, 0.2) is 0 Å². The Morgan fingerprint density at radius 2 is 1.64 bits per heavy atom. The van der Waals surface area contributed by atoms with E-state index < -0.39 is 0 Å². The molecule has 14 heavy (non-hydrogen) atoms. The van der Waals surface area contributed by atoms with Gasteiger partial charge in [0.05, 0.1) is 0 Å². The molecule has 2 amide bonds. The summed E-state index contributed by atoms with van der Waals surface area (Å²) in [5, 5.41) is 2.81. The van der Waals surface area contributed by atoms with Gasteiger partial charge >= 0.3 is 0 Å². The Morgan fingerprint density at radius 1 is 1.14 bits per heavy atom. The Balaban J connectivity index is 3.60. The number of nitrogens with one attached hydrogen (secondary N) is 2. The first kappa shape index (κ1) is 12.9. The molecule has 0 fully saturated rings. The van der Waals surface area contributed by atoms with Gasteiger partial charge in [0.15, 0.2) is 0 Å². The van der Waals surface area contributed by atoms with Crippen LogP contribution in [0.2, 0.25) is 0 Å². The van der Waals surface area contributed by atoms with Crippen LogP contribution in [0.25, 0.3) is 0 Å². The molecule has 0 saturated heterocycles. The summed E-state index contributed by atoms with van der Waals surface area (Å²) in [5.41, 5.74) is 1.80. The van der Waals surface area contributed by atoms with Crippen LogP contribution in [0.3, 0.4) is 0 Å². The van der Waals surface area contributed by atoms with E-state index in [4.69, 9.17) is 5.84 Å². The SMILES string of the molecule is CC(C)(C)NC(=O)CCCC(=O)NN. The molecule has 0 aliphatic heterocycles. The number of amides is 2. The molecule has 82 valence electrons. The zero-order valence-corrected chi connectivity index (χ0v) is 9.02. The summed E-state index contributed by atoms with van der Waals surface area (Å²) >= 11 is 0. The van der Waals surface area contributed by atoms with Crippen LogP contribution in [0, 0.1) is 0 Å². The van der Waals surface area contributed by atoms with E-state index in [-0.39, 0.29) is 23.8 Å². The number of hydrogen-bond donors (Lipinski definition) is 3. The Hall–Kier alpha value is -1.10. The van der Waals surface area contributed by atoms with Crippen LogP contribution >= 0.6 is 0 Å². The van der Waals surface area contributed by atoms with Crippen molar-refractivity contribution in [1.82, 2.24) is 10.7 Å². The molecule has 0 aromatic rings. The van der Waals surface area contributed by atoms with Gasteiger partial charge < -0.3 is 5.32 Å². The standard InChI is InChI=1S/C9H19N3O2/c1-9(2,3)11-7(13)5-4-6-8(14)12-10/h4-6,10H2,1-3H3,(H,11,13)(H,12,14). The summed E-state index contributed by atoms with van der Waals surface area (Å²) in [5.74, 6) is 4.61. The number of hydrogen-bond acceptors (Lipinski definition) is 3. The lowest BCUT2D eigenvalue weighted by atomic mass is 10.1. The van der Waals surface area contributed by atoms with E-state index in [1.54, 1.807) is 0 Å². The highest BCUT2D eigenvalue weighted by Crippen LogP contribution is 2.01. The molecular formula is C9H19N3O2. The second kappa shape index (κ2) is 5.59. The van der Waals surface area contributed by atoms with Crippen molar-refractivity contribution in [1.29, 1.82) is 0 Å². The topological polar surface area (TPSA) is 84.2 Å². The van der Waals surface area contributed by atoms with E-state index in [1.165, 1.54) is 0 Å². The minimum Gasteiger partial charge on any atom is -0.352 e. The van der Waals surface area contributed by atoms with Crippen LogP contribution in [0.4, 0.5) is 0 Å². The van der Waals surface area contributed by atoms with Crippen LogP contribution < -0.4 is 16.6 Å². The van der Waals surface area contributed by atoms with Crippen molar-refractivity contribution in [3.05, 3.63) is 0 Å². The molecule has 5 heteroatoms. The van der Waals surface area contributed by atoms with Crippen LogP contribution in [-0.2, 0) is 9.59 Å². The normalized spacial score (nSPS) is 10.9. The fourth-order valence-corrected chi connectivity index (χ4v) is 0.962. The monoisotopic (exact) mass is 201 g/mol. The third kappa shape index (κ3) is 7.54. The number of carbonyl (C=O) groups is 2. The van der Waals surface area contributed by atoms with Gasteiger partial charge in [-0.15, -0.1) is 0 Å². The molecule has 0 bridgehead atoms. The highest BCUT2D eigenvalue weighted by Gasteiger charge is 2.13. The molecule has 0 heterocycles. The maximum absolute atomic E-state index is 11.3. The van der Waals surface area contributed by atoms with Crippen molar-refractivity contribution in [3.63, 3.8) is 0 Å². The van der Waals surface area contributed by atoms with Gasteiger partial charge in [-0.3, -0.25) is 15.0 Å². The van der Waals surface area contributed by atoms with Crippen LogP contribution in [0.1, 0.15) is 40.0 Å². The molecule has 0 atom stereocenters. The van der Waals surface area contributed by atoms with Crippen molar-refractivity contribution in [2.24, 2.45) is 5.84 Å². The molecular weight excluding hydrogens is 182 g/mol. The van der Waals surface area contributed by atoms with E-state index in [2.05, 4.69) is 5.32 Å². The molecule has 0 saturated carbocycles. The zero-order chi connectivity index (χ0) is 11.2. The molecule has 0 unspecified atom stereocenters. The Bertz CT molecular complexity index is 209. The van der Waals surface area contributed by atoms with Crippen molar-refractivity contribution >= 4 is 11.8 Å². The van der Waals surface area contributed by atoms with Gasteiger partial charge in [0, 0.05) is 18.4 Å². The molecule has 0 rings (SSSR count). The average molecular weight is 201 g/mol. The summed E-state index contributed by atoms with van der Waals surface area (Å²) in [6.07, 6.45) is 1.16. The molecule has 0 radical (unpaired) electrons. The molecule has 5 nitrogen and oxygen atoms in total. The molecule has 0 aromatic heterocycles. The zero-order valence-electron chi connectivity index (χ0n) is 9.02. The third-order valence-electron chi connectivity index (χ3n) is 1.48. The van der Waals surface area contributed by atoms with E-state index in [0.717, 1.165) is 0 Å². The third-order valence-corrected chi connectivity index (χ3v) is 1.48. The molecule has 0 spiro atoms. The van der Waals surface area contributed by atoms with Crippen LogP contribution in [-0.4, -0.2) is 17.4 Å². The van der Waals surface area contributed by atoms with Crippen molar-refractivity contribution in [3.8, 4) is 0 Å². The first-order chi connectivity index (χ1) is 6.35. The van der Waals surface area contributed by atoms with E-state index >= 15 is 0 Å². The summed E-state index contributed by atoms with van der Waals surface area (Å²) < 4.78 is 0. The average Bonchev–Trinajstić information content (AvgIpc) is 2.00. The molecule has 0 aliphatic carbocycles. The summed E-state index contributed by atoms with van der Waals surface area (Å²) in [7, 11) is 0. The van der Waals surface area contributed by atoms with Crippen LogP contribution in [0.5, 0.6) is 0 Å². The van der Waals surface area contributed by atoms with E-state index in [9.17, 15) is 9.59 Å². The minimum absolute atomic E-state index is 0.0395. The second-order valence-corrected chi connectivity index (χ2v) is 4.22. The molecule has 0 aliphatic rings. The first-order valence-corrected chi connectivity index (χ1v) is 4.65. The highest BCUT2D eigenvalue weighted by atomic mass is 16.2. The molecule has 4 N–H and O–H groups in total. The van der Waals surface area contributed by atoms with Gasteiger partial charge in [-0.05, 0) is 27.2 Å². The Labute approximate surface area is 84.4 Å². The minimum atomic E-state index is -0.242. The van der Waals surface area contributed by atoms with E-state index in [0.29, 0.717) is 12.8 Å². The largest absolute Gasteiger partial charge is 0.352 e. The van der Waals surface area contributed by atoms with Gasteiger partial charge in [0.1, 0.15) is 0 Å². The lowest BCUT2D eigenvalue weighted by molar-refractivity contribution is -0.123. The van der Waals surface area contributed by atoms with Crippen molar-refractivity contribution in [2.45, 2.75) is 45.6 Å². The fourth-order valence-electron chi connectivity index (χ4n) is 0.962. The quantitative estimate of drug-likeness (QED) is 0.341. The number of hydrazine groups is 1. The predicted octanol–water partition coefficient (Wildman–Crippen LogP) is 0.0613. The highest BCUT2D eigenvalue weighted by molar-refractivity contribution is 5.78. The van der Waals surface area contributed by atoms with Crippen molar-refractivity contribution < 1.29 is 9.59 Å². The number of nitrogens with two attached hydrogens (primary N) is 1. The maximum Gasteiger partial charge on any atom is 0.233 e. The van der Waals surface area contributed by atoms with Gasteiger partial charge in [-0.25, -0.2) is 5.84 Å². The van der Waals surface area contributed by atoms with Gasteiger partial charge in [0.25, 0.3) is 0 Å². The number of carbonyl (C=O) groups excluding carboxylic acids is 2. The smallest absolute Gasteiger partial charge is 0.233 e.